The Labute approximate surface area is 105 Å². The molecule has 0 radical (unpaired) electrons. The molecule has 4 heteroatoms. The van der Waals surface area contributed by atoms with Gasteiger partial charge in [-0.3, -0.25) is 4.79 Å². The zero-order chi connectivity index (χ0) is 12.6. The lowest BCUT2D eigenvalue weighted by Gasteiger charge is -2.36. The highest BCUT2D eigenvalue weighted by Crippen LogP contribution is 2.30. The van der Waals surface area contributed by atoms with Crippen LogP contribution in [-0.2, 0) is 0 Å². The van der Waals surface area contributed by atoms with E-state index in [0.29, 0.717) is 12.1 Å². The Kier molecular flexibility index (Phi) is 2.59. The Morgan fingerprint density at radius 1 is 1.39 bits per heavy atom. The summed E-state index contributed by atoms with van der Waals surface area (Å²) in [5.74, 6) is -0.136. The van der Waals surface area contributed by atoms with Crippen LogP contribution in [0, 0.1) is 0 Å². The second-order valence-corrected chi connectivity index (χ2v) is 5.01. The van der Waals surface area contributed by atoms with Crippen molar-refractivity contribution in [3.8, 4) is 0 Å². The summed E-state index contributed by atoms with van der Waals surface area (Å²) < 4.78 is 0. The topological polar surface area (TPSA) is 65.1 Å². The van der Waals surface area contributed by atoms with E-state index >= 15 is 0 Å². The SMILES string of the molecule is O=C(NCC1(O)CCC1)c1cccc2cc[nH]c12. The summed E-state index contributed by atoms with van der Waals surface area (Å²) in [5, 5.41) is 13.8. The molecule has 1 aromatic carbocycles. The zero-order valence-corrected chi connectivity index (χ0v) is 10.1. The van der Waals surface area contributed by atoms with Gasteiger partial charge in [0, 0.05) is 18.1 Å². The van der Waals surface area contributed by atoms with Crippen LogP contribution in [-0.4, -0.2) is 28.1 Å². The number of carbonyl (C=O) groups excluding carboxylic acids is 1. The molecule has 1 heterocycles. The van der Waals surface area contributed by atoms with E-state index < -0.39 is 5.60 Å². The van der Waals surface area contributed by atoms with Gasteiger partial charge in [-0.15, -0.1) is 0 Å². The van der Waals surface area contributed by atoms with Crippen molar-refractivity contribution in [1.82, 2.24) is 10.3 Å². The van der Waals surface area contributed by atoms with E-state index in [-0.39, 0.29) is 5.91 Å². The third-order valence-corrected chi connectivity index (χ3v) is 3.69. The van der Waals surface area contributed by atoms with Gasteiger partial charge in [0.05, 0.1) is 16.7 Å². The van der Waals surface area contributed by atoms with Crippen LogP contribution in [0.25, 0.3) is 10.9 Å². The van der Waals surface area contributed by atoms with Crippen molar-refractivity contribution in [2.75, 3.05) is 6.54 Å². The third kappa shape index (κ3) is 1.88. The van der Waals surface area contributed by atoms with Gasteiger partial charge in [0.25, 0.3) is 5.91 Å². The summed E-state index contributed by atoms with van der Waals surface area (Å²) in [6.45, 7) is 0.336. The van der Waals surface area contributed by atoms with Gasteiger partial charge in [-0.2, -0.15) is 0 Å². The standard InChI is InChI=1S/C14H16N2O2/c17-13(16-9-14(18)6-2-7-14)11-4-1-3-10-5-8-15-12(10)11/h1,3-5,8,15,18H,2,6-7,9H2,(H,16,17). The minimum Gasteiger partial charge on any atom is -0.388 e. The number of nitrogens with one attached hydrogen (secondary N) is 2. The number of hydrogen-bond acceptors (Lipinski definition) is 2. The molecule has 1 fully saturated rings. The predicted molar refractivity (Wildman–Crippen MR) is 69.4 cm³/mol. The van der Waals surface area contributed by atoms with E-state index in [9.17, 15) is 9.90 Å². The largest absolute Gasteiger partial charge is 0.388 e. The lowest BCUT2D eigenvalue weighted by atomic mass is 9.80. The fourth-order valence-corrected chi connectivity index (χ4v) is 2.38. The van der Waals surface area contributed by atoms with Gasteiger partial charge in [-0.25, -0.2) is 0 Å². The van der Waals surface area contributed by atoms with Crippen LogP contribution >= 0.6 is 0 Å². The molecule has 1 amide bonds. The molecule has 1 saturated carbocycles. The van der Waals surface area contributed by atoms with Crippen LogP contribution in [0.2, 0.25) is 0 Å². The molecule has 3 rings (SSSR count). The Balaban J connectivity index is 1.77. The first-order valence-electron chi connectivity index (χ1n) is 6.25. The van der Waals surface area contributed by atoms with Crippen LogP contribution in [0.3, 0.4) is 0 Å². The van der Waals surface area contributed by atoms with Crippen molar-refractivity contribution in [3.05, 3.63) is 36.0 Å². The molecule has 1 aliphatic carbocycles. The monoisotopic (exact) mass is 244 g/mol. The van der Waals surface area contributed by atoms with Crippen molar-refractivity contribution in [2.24, 2.45) is 0 Å². The van der Waals surface area contributed by atoms with Crippen molar-refractivity contribution < 1.29 is 9.90 Å². The molecule has 18 heavy (non-hydrogen) atoms. The second-order valence-electron chi connectivity index (χ2n) is 5.01. The third-order valence-electron chi connectivity index (χ3n) is 3.69. The van der Waals surface area contributed by atoms with Crippen LogP contribution in [0.5, 0.6) is 0 Å². The quantitative estimate of drug-likeness (QED) is 0.771. The van der Waals surface area contributed by atoms with E-state index in [1.165, 1.54) is 0 Å². The first-order valence-corrected chi connectivity index (χ1v) is 6.25. The fraction of sp³-hybridized carbons (Fsp3) is 0.357. The molecular weight excluding hydrogens is 228 g/mol. The van der Waals surface area contributed by atoms with Crippen molar-refractivity contribution in [2.45, 2.75) is 24.9 Å². The van der Waals surface area contributed by atoms with Gasteiger partial charge in [-0.1, -0.05) is 12.1 Å². The minimum atomic E-state index is -0.681. The van der Waals surface area contributed by atoms with Crippen molar-refractivity contribution >= 4 is 16.8 Å². The Morgan fingerprint density at radius 2 is 2.22 bits per heavy atom. The summed E-state index contributed by atoms with van der Waals surface area (Å²) in [5.41, 5.74) is 0.787. The Bertz CT molecular complexity index is 584. The summed E-state index contributed by atoms with van der Waals surface area (Å²) in [6, 6.07) is 7.55. The summed E-state index contributed by atoms with van der Waals surface area (Å²) in [6.07, 6.45) is 4.42. The predicted octanol–water partition coefficient (Wildman–Crippen LogP) is 1.81. The first kappa shape index (κ1) is 11.3. The highest BCUT2D eigenvalue weighted by Gasteiger charge is 2.34. The number of amides is 1. The van der Waals surface area contributed by atoms with E-state index in [2.05, 4.69) is 10.3 Å². The molecule has 2 aromatic rings. The van der Waals surface area contributed by atoms with Gasteiger partial charge in [-0.05, 0) is 31.4 Å². The minimum absolute atomic E-state index is 0.136. The number of aromatic nitrogens is 1. The van der Waals surface area contributed by atoms with Gasteiger partial charge in [0.2, 0.25) is 0 Å². The van der Waals surface area contributed by atoms with Gasteiger partial charge in [0.15, 0.2) is 0 Å². The number of hydrogen-bond donors (Lipinski definition) is 3. The van der Waals surface area contributed by atoms with Crippen molar-refractivity contribution in [3.63, 3.8) is 0 Å². The number of aliphatic hydroxyl groups is 1. The molecule has 94 valence electrons. The van der Waals surface area contributed by atoms with Crippen LogP contribution < -0.4 is 5.32 Å². The molecule has 0 aliphatic heterocycles. The Hall–Kier alpha value is -1.81. The van der Waals surface area contributed by atoms with E-state index in [4.69, 9.17) is 0 Å². The zero-order valence-electron chi connectivity index (χ0n) is 10.1. The molecule has 0 unspecified atom stereocenters. The van der Waals surface area contributed by atoms with E-state index in [1.54, 1.807) is 6.07 Å². The van der Waals surface area contributed by atoms with Crippen molar-refractivity contribution in [1.29, 1.82) is 0 Å². The molecular formula is C14H16N2O2. The number of rotatable bonds is 3. The maximum Gasteiger partial charge on any atom is 0.253 e. The molecule has 0 saturated heterocycles. The molecule has 1 aromatic heterocycles. The summed E-state index contributed by atoms with van der Waals surface area (Å²) >= 11 is 0. The number of aromatic amines is 1. The number of fused-ring (bicyclic) bond motifs is 1. The molecule has 0 bridgehead atoms. The lowest BCUT2D eigenvalue weighted by molar-refractivity contribution is -0.0300. The number of carbonyl (C=O) groups is 1. The maximum absolute atomic E-state index is 12.1. The molecule has 0 atom stereocenters. The van der Waals surface area contributed by atoms with Crippen LogP contribution in [0.4, 0.5) is 0 Å². The van der Waals surface area contributed by atoms with Crippen LogP contribution in [0.15, 0.2) is 30.5 Å². The average molecular weight is 244 g/mol. The molecule has 1 aliphatic rings. The number of para-hydroxylation sites is 1. The Morgan fingerprint density at radius 3 is 2.94 bits per heavy atom. The first-order chi connectivity index (χ1) is 8.68. The molecule has 4 nitrogen and oxygen atoms in total. The summed E-state index contributed by atoms with van der Waals surface area (Å²) in [7, 11) is 0. The molecule has 3 N–H and O–H groups in total. The van der Waals surface area contributed by atoms with Crippen LogP contribution in [0.1, 0.15) is 29.6 Å². The second kappa shape index (κ2) is 4.14. The fourth-order valence-electron chi connectivity index (χ4n) is 2.38. The number of benzene rings is 1. The highest BCUT2D eigenvalue weighted by atomic mass is 16.3. The van der Waals surface area contributed by atoms with E-state index in [0.717, 1.165) is 30.2 Å². The normalized spacial score (nSPS) is 17.4. The van der Waals surface area contributed by atoms with Gasteiger partial charge in [0.1, 0.15) is 0 Å². The summed E-state index contributed by atoms with van der Waals surface area (Å²) in [4.78, 5) is 15.2. The highest BCUT2D eigenvalue weighted by molar-refractivity contribution is 6.05. The van der Waals surface area contributed by atoms with Gasteiger partial charge >= 0.3 is 0 Å². The van der Waals surface area contributed by atoms with E-state index in [1.807, 2.05) is 24.4 Å². The lowest BCUT2D eigenvalue weighted by Crippen LogP contribution is -2.47. The van der Waals surface area contributed by atoms with Gasteiger partial charge < -0.3 is 15.4 Å². The number of H-pyrrole nitrogens is 1. The maximum atomic E-state index is 12.1. The smallest absolute Gasteiger partial charge is 0.253 e. The molecule has 0 spiro atoms. The average Bonchev–Trinajstić information content (AvgIpc) is 2.81.